The maximum atomic E-state index is 15.1. The van der Waals surface area contributed by atoms with Crippen molar-refractivity contribution >= 4 is 40.2 Å². The minimum Gasteiger partial charge on any atom is -0.497 e. The molecule has 1 aliphatic rings. The van der Waals surface area contributed by atoms with E-state index in [9.17, 15) is 9.18 Å². The van der Waals surface area contributed by atoms with E-state index in [2.05, 4.69) is 15.6 Å². The Kier molecular flexibility index (Phi) is 6.81. The second-order valence-electron chi connectivity index (χ2n) is 9.57. The van der Waals surface area contributed by atoms with Crippen molar-refractivity contribution < 1.29 is 18.3 Å². The number of hydrogen-bond donors (Lipinski definition) is 2. The van der Waals surface area contributed by atoms with Crippen molar-refractivity contribution in [2.75, 3.05) is 17.7 Å². The van der Waals surface area contributed by atoms with Crippen LogP contribution in [0.25, 0.3) is 11.0 Å². The summed E-state index contributed by atoms with van der Waals surface area (Å²) in [7, 11) is 1.63. The van der Waals surface area contributed by atoms with Gasteiger partial charge in [0.05, 0.1) is 18.2 Å². The minimum atomic E-state index is -0.579. The Balaban J connectivity index is 1.24. The highest BCUT2D eigenvalue weighted by atomic mass is 35.5. The van der Waals surface area contributed by atoms with E-state index in [-0.39, 0.29) is 5.02 Å². The lowest BCUT2D eigenvalue weighted by Gasteiger charge is -2.16. The minimum absolute atomic E-state index is 0.0986. The molecule has 6 rings (SSSR count). The number of nitrogens with zero attached hydrogens (tertiary/aromatic N) is 3. The summed E-state index contributed by atoms with van der Waals surface area (Å²) >= 11 is 5.84. The number of anilines is 2. The van der Waals surface area contributed by atoms with E-state index < -0.39 is 23.6 Å². The Morgan fingerprint density at radius 1 is 1.10 bits per heavy atom. The lowest BCUT2D eigenvalue weighted by molar-refractivity contribution is 0.102. The molecule has 2 N–H and O–H groups in total. The van der Waals surface area contributed by atoms with Crippen molar-refractivity contribution in [1.29, 1.82) is 0 Å². The van der Waals surface area contributed by atoms with Gasteiger partial charge in [-0.3, -0.25) is 4.79 Å². The van der Waals surface area contributed by atoms with Gasteiger partial charge in [0.1, 0.15) is 23.0 Å². The maximum absolute atomic E-state index is 15.1. The molecule has 2 heterocycles. The number of nitrogens with one attached hydrogen (secondary N) is 2. The first-order valence-electron chi connectivity index (χ1n) is 12.7. The van der Waals surface area contributed by atoms with Gasteiger partial charge in [-0.25, -0.2) is 13.8 Å². The zero-order valence-electron chi connectivity index (χ0n) is 21.4. The van der Waals surface area contributed by atoms with Gasteiger partial charge in [-0.15, -0.1) is 0 Å². The Hall–Kier alpha value is -4.50. The van der Waals surface area contributed by atoms with Crippen LogP contribution in [-0.4, -0.2) is 27.6 Å². The highest BCUT2D eigenvalue weighted by molar-refractivity contribution is 6.31. The predicted octanol–water partition coefficient (Wildman–Crippen LogP) is 6.77. The van der Waals surface area contributed by atoms with Gasteiger partial charge in [0.15, 0.2) is 0 Å². The van der Waals surface area contributed by atoms with Gasteiger partial charge in [-0.2, -0.15) is 4.98 Å². The largest absolute Gasteiger partial charge is 0.497 e. The van der Waals surface area contributed by atoms with Crippen LogP contribution in [0, 0.1) is 11.6 Å². The van der Waals surface area contributed by atoms with Crippen molar-refractivity contribution in [3.05, 3.63) is 112 Å². The molecule has 40 heavy (non-hydrogen) atoms. The summed E-state index contributed by atoms with van der Waals surface area (Å²) < 4.78 is 35.9. The summed E-state index contributed by atoms with van der Waals surface area (Å²) in [5.74, 6) is -0.247. The fourth-order valence-electron chi connectivity index (χ4n) is 5.10. The van der Waals surface area contributed by atoms with Crippen LogP contribution < -0.4 is 15.4 Å². The molecule has 10 heteroatoms. The normalized spacial score (nSPS) is 14.2. The molecule has 0 bridgehead atoms. The molecule has 1 aliphatic carbocycles. The summed E-state index contributed by atoms with van der Waals surface area (Å²) in [6.07, 6.45) is 4.75. The monoisotopic (exact) mass is 559 g/mol. The number of rotatable bonds is 7. The first kappa shape index (κ1) is 25.8. The SMILES string of the molecule is COc1ccc(Cn2ccc3cnc(N[C@H]4CCc5c(C(=O)Nc6ccc(F)c(Cl)c6)ccc(F)c54)nc32)cc1. The molecule has 5 aromatic rings. The first-order valence-corrected chi connectivity index (χ1v) is 13.1. The average molecular weight is 560 g/mol. The number of benzene rings is 3. The van der Waals surface area contributed by atoms with Crippen molar-refractivity contribution in [3.63, 3.8) is 0 Å². The van der Waals surface area contributed by atoms with Crippen molar-refractivity contribution in [2.45, 2.75) is 25.4 Å². The number of carbonyl (C=O) groups excluding carboxylic acids is 1. The van der Waals surface area contributed by atoms with Gasteiger partial charge >= 0.3 is 0 Å². The van der Waals surface area contributed by atoms with E-state index in [1.807, 2.05) is 41.1 Å². The highest BCUT2D eigenvalue weighted by Gasteiger charge is 2.30. The Labute approximate surface area is 233 Å². The van der Waals surface area contributed by atoms with Gasteiger partial charge < -0.3 is 19.9 Å². The third kappa shape index (κ3) is 4.96. The third-order valence-electron chi connectivity index (χ3n) is 7.07. The van der Waals surface area contributed by atoms with E-state index >= 15 is 4.39 Å². The number of hydrogen-bond acceptors (Lipinski definition) is 5. The number of carbonyl (C=O) groups is 1. The molecule has 0 fully saturated rings. The first-order chi connectivity index (χ1) is 19.4. The number of amides is 1. The summed E-state index contributed by atoms with van der Waals surface area (Å²) in [5.41, 5.74) is 3.58. The zero-order chi connectivity index (χ0) is 27.8. The highest BCUT2D eigenvalue weighted by Crippen LogP contribution is 2.37. The maximum Gasteiger partial charge on any atom is 0.255 e. The van der Waals surface area contributed by atoms with Crippen molar-refractivity contribution in [3.8, 4) is 5.75 Å². The van der Waals surface area contributed by atoms with Crippen LogP contribution in [-0.2, 0) is 13.0 Å². The summed E-state index contributed by atoms with van der Waals surface area (Å²) in [6, 6.07) is 16.1. The quantitative estimate of drug-likeness (QED) is 0.230. The lowest BCUT2D eigenvalue weighted by Crippen LogP contribution is -2.16. The van der Waals surface area contributed by atoms with Gasteiger partial charge in [-0.1, -0.05) is 23.7 Å². The van der Waals surface area contributed by atoms with Gasteiger partial charge in [0.2, 0.25) is 5.95 Å². The second-order valence-corrected chi connectivity index (χ2v) is 9.98. The van der Waals surface area contributed by atoms with E-state index in [1.54, 1.807) is 13.3 Å². The Bertz CT molecular complexity index is 1740. The molecule has 202 valence electrons. The number of fused-ring (bicyclic) bond motifs is 2. The fraction of sp³-hybridized carbons (Fsp3) is 0.167. The van der Waals surface area contributed by atoms with Crippen LogP contribution >= 0.6 is 11.6 Å². The molecule has 0 saturated carbocycles. The topological polar surface area (TPSA) is 81.1 Å². The molecule has 1 amide bonds. The molecule has 2 aromatic heterocycles. The molecule has 0 saturated heterocycles. The van der Waals surface area contributed by atoms with Crippen LogP contribution in [0.4, 0.5) is 20.4 Å². The zero-order valence-corrected chi connectivity index (χ0v) is 22.2. The van der Waals surface area contributed by atoms with E-state index in [1.165, 1.54) is 30.3 Å². The molecule has 0 radical (unpaired) electrons. The molecular weight excluding hydrogens is 536 g/mol. The van der Waals surface area contributed by atoms with Crippen LogP contribution in [0.3, 0.4) is 0 Å². The number of halogens is 3. The Morgan fingerprint density at radius 2 is 1.90 bits per heavy atom. The summed E-state index contributed by atoms with van der Waals surface area (Å²) in [4.78, 5) is 22.2. The predicted molar refractivity (Wildman–Crippen MR) is 150 cm³/mol. The van der Waals surface area contributed by atoms with Gasteiger partial charge in [0, 0.05) is 41.1 Å². The van der Waals surface area contributed by atoms with E-state index in [4.69, 9.17) is 21.3 Å². The smallest absolute Gasteiger partial charge is 0.255 e. The van der Waals surface area contributed by atoms with Crippen LogP contribution in [0.15, 0.2) is 73.1 Å². The third-order valence-corrected chi connectivity index (χ3v) is 7.36. The molecule has 0 aliphatic heterocycles. The molecule has 7 nitrogen and oxygen atoms in total. The number of methoxy groups -OCH3 is 1. The standard InChI is InChI=1S/C30H24ClF2N5O2/c1-40-20-5-2-17(3-6-20)16-38-13-12-18-15-34-30(37-28(18)38)36-26-11-8-21-22(7-10-25(33)27(21)26)29(39)35-19-4-9-24(32)23(31)14-19/h2-7,9-10,12-15,26H,8,11,16H2,1H3,(H,35,39)(H,34,36,37)/t26-/m0/s1. The second kappa shape index (κ2) is 10.6. The molecule has 1 atom stereocenters. The van der Waals surface area contributed by atoms with Crippen LogP contribution in [0.2, 0.25) is 5.02 Å². The average Bonchev–Trinajstić information content (AvgIpc) is 3.56. The number of ether oxygens (including phenoxy) is 1. The van der Waals surface area contributed by atoms with Crippen LogP contribution in [0.5, 0.6) is 5.75 Å². The fourth-order valence-corrected chi connectivity index (χ4v) is 5.28. The molecule has 0 spiro atoms. The summed E-state index contributed by atoms with van der Waals surface area (Å²) in [5, 5.41) is 6.78. The molecule has 3 aromatic carbocycles. The molecule has 0 unspecified atom stereocenters. The van der Waals surface area contributed by atoms with Crippen molar-refractivity contribution in [2.24, 2.45) is 0 Å². The molecular formula is C30H24ClF2N5O2. The Morgan fingerprint density at radius 3 is 2.67 bits per heavy atom. The number of aromatic nitrogens is 3. The lowest BCUT2D eigenvalue weighted by atomic mass is 10.0. The van der Waals surface area contributed by atoms with E-state index in [0.29, 0.717) is 47.7 Å². The summed E-state index contributed by atoms with van der Waals surface area (Å²) in [6.45, 7) is 0.614. The van der Waals surface area contributed by atoms with Gasteiger partial charge in [-0.05, 0) is 72.5 Å². The van der Waals surface area contributed by atoms with E-state index in [0.717, 1.165) is 22.3 Å². The van der Waals surface area contributed by atoms with Crippen molar-refractivity contribution in [1.82, 2.24) is 14.5 Å². The van der Waals surface area contributed by atoms with Gasteiger partial charge in [0.25, 0.3) is 5.91 Å². The van der Waals surface area contributed by atoms with Crippen LogP contribution in [0.1, 0.15) is 39.5 Å².